The molecule has 0 N–H and O–H groups in total. The van der Waals surface area contributed by atoms with Crippen LogP contribution in [0.3, 0.4) is 0 Å². The second kappa shape index (κ2) is 11.1. The molecule has 0 aliphatic carbocycles. The van der Waals surface area contributed by atoms with Crippen LogP contribution in [0.5, 0.6) is 0 Å². The molecule has 216 valence electrons. The predicted molar refractivity (Wildman–Crippen MR) is 180 cm³/mol. The fourth-order valence-corrected chi connectivity index (χ4v) is 11.5. The van der Waals surface area contributed by atoms with Crippen LogP contribution < -0.4 is 31.8 Å². The number of nitrogens with zero attached hydrogens (tertiary/aromatic N) is 3. The van der Waals surface area contributed by atoms with Gasteiger partial charge in [0.05, 0.1) is 0 Å². The molecule has 2 aromatic heterocycles. The van der Waals surface area contributed by atoms with Gasteiger partial charge in [-0.2, -0.15) is 4.98 Å². The van der Waals surface area contributed by atoms with Crippen molar-refractivity contribution < 1.29 is 4.42 Å². The molecule has 0 radical (unpaired) electrons. The van der Waals surface area contributed by atoms with Crippen molar-refractivity contribution in [3.05, 3.63) is 156 Å². The quantitative estimate of drug-likeness (QED) is 0.231. The molecule has 6 aromatic rings. The molecule has 2 bridgehead atoms. The third-order valence-corrected chi connectivity index (χ3v) is 13.3. The summed E-state index contributed by atoms with van der Waals surface area (Å²) in [5.74, 6) is 2.06. The highest BCUT2D eigenvalue weighted by Crippen LogP contribution is 2.56. The van der Waals surface area contributed by atoms with Gasteiger partial charge >= 0.3 is 0 Å². The van der Waals surface area contributed by atoms with E-state index in [1.165, 1.54) is 15.9 Å². The standard InChI is InChI=1S/C38H33N3O2P/c42-35-23-13-22-34-30-24-28(26-41(34)35)25-40(27-30)38-37(39-36(43-38)29-14-5-1-6-15-29)44(31-16-7-2-8-17-31,32-18-9-3-10-19-32)33-20-11-4-12-21-33/h1-23,28,30H,24-27H2/q+1. The summed E-state index contributed by atoms with van der Waals surface area (Å²) in [6.07, 6.45) is 1.07. The third-order valence-electron chi connectivity index (χ3n) is 9.13. The number of pyridine rings is 1. The summed E-state index contributed by atoms with van der Waals surface area (Å²) in [5.41, 5.74) is 3.17. The van der Waals surface area contributed by atoms with E-state index in [1.54, 1.807) is 6.07 Å². The predicted octanol–water partition coefficient (Wildman–Crippen LogP) is 5.75. The minimum absolute atomic E-state index is 0.0968. The van der Waals surface area contributed by atoms with E-state index >= 15 is 0 Å². The van der Waals surface area contributed by atoms with Crippen molar-refractivity contribution >= 4 is 34.5 Å². The lowest BCUT2D eigenvalue weighted by atomic mass is 9.83. The van der Waals surface area contributed by atoms with E-state index in [4.69, 9.17) is 9.40 Å². The minimum Gasteiger partial charge on any atom is -0.416 e. The molecule has 4 heterocycles. The maximum atomic E-state index is 12.8. The van der Waals surface area contributed by atoms with Gasteiger partial charge in [0.15, 0.2) is 7.26 Å². The molecule has 5 nitrogen and oxygen atoms in total. The first kappa shape index (κ1) is 26.9. The van der Waals surface area contributed by atoms with Gasteiger partial charge < -0.3 is 13.9 Å². The Hall–Kier alpha value is -4.73. The molecular weight excluding hydrogens is 561 g/mol. The van der Waals surface area contributed by atoms with E-state index in [-0.39, 0.29) is 11.5 Å². The monoisotopic (exact) mass is 594 g/mol. The van der Waals surface area contributed by atoms with E-state index in [1.807, 2.05) is 28.8 Å². The number of piperidine rings is 1. The Kier molecular flexibility index (Phi) is 6.76. The lowest BCUT2D eigenvalue weighted by Crippen LogP contribution is -2.49. The summed E-state index contributed by atoms with van der Waals surface area (Å²) < 4.78 is 8.95. The summed E-state index contributed by atoms with van der Waals surface area (Å²) in [6.45, 7) is 2.31. The normalized spacial score (nSPS) is 17.7. The lowest BCUT2D eigenvalue weighted by Gasteiger charge is -2.42. The van der Waals surface area contributed by atoms with Gasteiger partial charge in [-0.1, -0.05) is 78.9 Å². The van der Waals surface area contributed by atoms with Crippen LogP contribution in [0, 0.1) is 5.92 Å². The highest BCUT2D eigenvalue weighted by atomic mass is 31.2. The van der Waals surface area contributed by atoms with Crippen molar-refractivity contribution in [2.45, 2.75) is 18.9 Å². The largest absolute Gasteiger partial charge is 0.416 e. The van der Waals surface area contributed by atoms with Crippen molar-refractivity contribution in [1.82, 2.24) is 9.55 Å². The summed E-state index contributed by atoms with van der Waals surface area (Å²) in [4.78, 5) is 20.7. The summed E-state index contributed by atoms with van der Waals surface area (Å²) in [6, 6.07) is 48.5. The van der Waals surface area contributed by atoms with Crippen LogP contribution in [0.15, 0.2) is 149 Å². The number of rotatable bonds is 6. The number of hydrogen-bond donors (Lipinski definition) is 0. The van der Waals surface area contributed by atoms with Gasteiger partial charge in [-0.3, -0.25) is 4.79 Å². The summed E-state index contributed by atoms with van der Waals surface area (Å²) >= 11 is 0. The Morgan fingerprint density at radius 2 is 1.20 bits per heavy atom. The maximum absolute atomic E-state index is 12.8. The van der Waals surface area contributed by atoms with Crippen molar-refractivity contribution in [3.63, 3.8) is 0 Å². The van der Waals surface area contributed by atoms with Crippen molar-refractivity contribution in [2.24, 2.45) is 5.92 Å². The number of oxazole rings is 1. The highest BCUT2D eigenvalue weighted by molar-refractivity contribution is 8.01. The van der Waals surface area contributed by atoms with Crippen LogP contribution in [0.1, 0.15) is 18.0 Å². The molecule has 0 amide bonds. The zero-order valence-corrected chi connectivity index (χ0v) is 25.3. The topological polar surface area (TPSA) is 51.3 Å². The van der Waals surface area contributed by atoms with Crippen molar-refractivity contribution in [2.75, 3.05) is 18.0 Å². The first-order valence-corrected chi connectivity index (χ1v) is 17.1. The number of anilines is 1. The Labute approximate surface area is 257 Å². The maximum Gasteiger partial charge on any atom is 0.262 e. The van der Waals surface area contributed by atoms with E-state index in [9.17, 15) is 4.79 Å². The molecule has 1 saturated heterocycles. The van der Waals surface area contributed by atoms with Gasteiger partial charge in [-0.05, 0) is 66.9 Å². The van der Waals surface area contributed by atoms with Crippen LogP contribution in [-0.2, 0) is 6.54 Å². The molecule has 8 rings (SSSR count). The molecule has 44 heavy (non-hydrogen) atoms. The molecule has 2 aliphatic heterocycles. The zero-order chi connectivity index (χ0) is 29.5. The fourth-order valence-electron chi connectivity index (χ4n) is 7.26. The average Bonchev–Trinajstić information content (AvgIpc) is 3.53. The van der Waals surface area contributed by atoms with E-state index in [0.717, 1.165) is 48.6 Å². The first-order valence-electron chi connectivity index (χ1n) is 15.3. The van der Waals surface area contributed by atoms with Gasteiger partial charge in [-0.25, -0.2) is 0 Å². The van der Waals surface area contributed by atoms with Crippen LogP contribution in [0.25, 0.3) is 11.5 Å². The van der Waals surface area contributed by atoms with Gasteiger partial charge in [-0.15, -0.1) is 0 Å². The van der Waals surface area contributed by atoms with Crippen LogP contribution >= 0.6 is 7.26 Å². The van der Waals surface area contributed by atoms with Gasteiger partial charge in [0.1, 0.15) is 15.9 Å². The zero-order valence-electron chi connectivity index (χ0n) is 24.4. The van der Waals surface area contributed by atoms with Crippen LogP contribution in [0.2, 0.25) is 0 Å². The molecule has 2 atom stereocenters. The van der Waals surface area contributed by atoms with Gasteiger partial charge in [0.25, 0.3) is 16.9 Å². The minimum atomic E-state index is -2.52. The molecule has 0 saturated carbocycles. The van der Waals surface area contributed by atoms with E-state index in [0.29, 0.717) is 11.8 Å². The van der Waals surface area contributed by atoms with E-state index in [2.05, 4.69) is 114 Å². The second-order valence-electron chi connectivity index (χ2n) is 11.8. The summed E-state index contributed by atoms with van der Waals surface area (Å²) in [7, 11) is -2.52. The Balaban J connectivity index is 1.40. The Bertz CT molecular complexity index is 1860. The molecule has 6 heteroatoms. The SMILES string of the molecule is O=c1cccc2n1CC1CC2CN(c2oc(-c3ccccc3)nc2[P+](c2ccccc2)(c2ccccc2)c2ccccc2)C1. The highest BCUT2D eigenvalue weighted by Gasteiger charge is 2.54. The lowest BCUT2D eigenvalue weighted by molar-refractivity contribution is 0.275. The second-order valence-corrected chi connectivity index (χ2v) is 15.1. The van der Waals surface area contributed by atoms with Crippen LogP contribution in [0.4, 0.5) is 5.88 Å². The molecule has 0 spiro atoms. The first-order chi connectivity index (χ1) is 21.7. The number of fused-ring (bicyclic) bond motifs is 4. The smallest absolute Gasteiger partial charge is 0.262 e. The van der Waals surface area contributed by atoms with Crippen LogP contribution in [-0.4, -0.2) is 22.6 Å². The van der Waals surface area contributed by atoms with Crippen molar-refractivity contribution in [3.8, 4) is 11.5 Å². The Morgan fingerprint density at radius 1 is 0.636 bits per heavy atom. The van der Waals surface area contributed by atoms with Gasteiger partial charge in [0.2, 0.25) is 5.89 Å². The molecule has 2 aliphatic rings. The number of hydrogen-bond acceptors (Lipinski definition) is 4. The molecule has 4 aromatic carbocycles. The molecular formula is C38H33N3O2P+. The number of benzene rings is 4. The average molecular weight is 595 g/mol. The molecule has 2 unspecified atom stereocenters. The Morgan fingerprint density at radius 3 is 1.80 bits per heavy atom. The summed E-state index contributed by atoms with van der Waals surface area (Å²) in [5, 5.41) is 3.71. The molecule has 1 fully saturated rings. The van der Waals surface area contributed by atoms with Crippen molar-refractivity contribution in [1.29, 1.82) is 0 Å². The van der Waals surface area contributed by atoms with Gasteiger partial charge in [0, 0.05) is 42.9 Å². The fraction of sp³-hybridized carbons (Fsp3) is 0.158. The van der Waals surface area contributed by atoms with E-state index < -0.39 is 7.26 Å². The number of aromatic nitrogens is 2. The third kappa shape index (κ3) is 4.42.